The van der Waals surface area contributed by atoms with Crippen LogP contribution >= 0.6 is 22.9 Å². The van der Waals surface area contributed by atoms with E-state index in [0.717, 1.165) is 43.3 Å². The molecule has 28 heavy (non-hydrogen) atoms. The summed E-state index contributed by atoms with van der Waals surface area (Å²) in [5.41, 5.74) is 0.531. The average Bonchev–Trinajstić information content (AvgIpc) is 3.40. The van der Waals surface area contributed by atoms with E-state index in [1.54, 1.807) is 36.6 Å². The summed E-state index contributed by atoms with van der Waals surface area (Å²) >= 11 is 7.86. The Morgan fingerprint density at radius 2 is 1.96 bits per heavy atom. The van der Waals surface area contributed by atoms with Crippen molar-refractivity contribution in [3.8, 4) is 5.75 Å². The molecule has 0 N–H and O–H groups in total. The molecule has 7 heteroatoms. The van der Waals surface area contributed by atoms with Crippen molar-refractivity contribution in [1.29, 1.82) is 0 Å². The zero-order valence-electron chi connectivity index (χ0n) is 16.2. The standard InChI is InChI=1S/C21H26ClN3O2S/c1-27-18-7-6-16(22)13-17(18)21(26)25-10-8-15(9-11-25)20-24-23-19(28-20)12-14-4-2-3-5-14/h6-7,13-15H,2-5,8-12H2,1H3. The molecule has 4 rings (SSSR count). The van der Waals surface area contributed by atoms with Gasteiger partial charge in [-0.2, -0.15) is 0 Å². The van der Waals surface area contributed by atoms with Gasteiger partial charge in [-0.1, -0.05) is 37.3 Å². The van der Waals surface area contributed by atoms with Gasteiger partial charge in [0.15, 0.2) is 0 Å². The van der Waals surface area contributed by atoms with Gasteiger partial charge in [0.25, 0.3) is 5.91 Å². The van der Waals surface area contributed by atoms with E-state index in [-0.39, 0.29) is 5.91 Å². The minimum Gasteiger partial charge on any atom is -0.496 e. The number of hydrogen-bond donors (Lipinski definition) is 0. The van der Waals surface area contributed by atoms with Crippen molar-refractivity contribution in [3.63, 3.8) is 0 Å². The molecule has 0 spiro atoms. The Kier molecular flexibility index (Phi) is 6.16. The summed E-state index contributed by atoms with van der Waals surface area (Å²) in [5.74, 6) is 1.75. The second-order valence-corrected chi connectivity index (χ2v) is 9.33. The highest BCUT2D eigenvalue weighted by Gasteiger charge is 2.28. The van der Waals surface area contributed by atoms with Gasteiger partial charge in [-0.3, -0.25) is 4.79 Å². The lowest BCUT2D eigenvalue weighted by molar-refractivity contribution is 0.0709. The highest BCUT2D eigenvalue weighted by atomic mass is 35.5. The van der Waals surface area contributed by atoms with Gasteiger partial charge in [-0.25, -0.2) is 0 Å². The lowest BCUT2D eigenvalue weighted by Crippen LogP contribution is -2.38. The van der Waals surface area contributed by atoms with Gasteiger partial charge in [0.1, 0.15) is 15.8 Å². The van der Waals surface area contributed by atoms with Crippen LogP contribution in [0.3, 0.4) is 0 Å². The van der Waals surface area contributed by atoms with E-state index in [0.29, 0.717) is 22.3 Å². The van der Waals surface area contributed by atoms with E-state index in [4.69, 9.17) is 16.3 Å². The summed E-state index contributed by atoms with van der Waals surface area (Å²) < 4.78 is 5.34. The third kappa shape index (κ3) is 4.33. The fraction of sp³-hybridized carbons (Fsp3) is 0.571. The van der Waals surface area contributed by atoms with Crippen LogP contribution in [0.2, 0.25) is 5.02 Å². The first-order valence-corrected chi connectivity index (χ1v) is 11.3. The molecule has 1 saturated carbocycles. The average molecular weight is 420 g/mol. The lowest BCUT2D eigenvalue weighted by Gasteiger charge is -2.31. The Labute approximate surface area is 175 Å². The summed E-state index contributed by atoms with van der Waals surface area (Å²) in [6.07, 6.45) is 8.33. The first-order chi connectivity index (χ1) is 13.6. The first-order valence-electron chi connectivity index (χ1n) is 10.1. The van der Waals surface area contributed by atoms with E-state index >= 15 is 0 Å². The summed E-state index contributed by atoms with van der Waals surface area (Å²) in [4.78, 5) is 14.8. The van der Waals surface area contributed by atoms with Gasteiger partial charge < -0.3 is 9.64 Å². The number of likely N-dealkylation sites (tertiary alicyclic amines) is 1. The molecule has 2 fully saturated rings. The van der Waals surface area contributed by atoms with Crippen molar-refractivity contribution in [2.24, 2.45) is 5.92 Å². The van der Waals surface area contributed by atoms with Crippen LogP contribution in [0, 0.1) is 5.92 Å². The number of rotatable bonds is 5. The minimum atomic E-state index is -0.0167. The summed E-state index contributed by atoms with van der Waals surface area (Å²) in [6, 6.07) is 5.17. The van der Waals surface area contributed by atoms with Gasteiger partial charge in [0.05, 0.1) is 12.7 Å². The zero-order chi connectivity index (χ0) is 19.5. The fourth-order valence-corrected chi connectivity index (χ4v) is 5.62. The van der Waals surface area contributed by atoms with Crippen LogP contribution in [0.5, 0.6) is 5.75 Å². The van der Waals surface area contributed by atoms with Crippen LogP contribution in [0.15, 0.2) is 18.2 Å². The smallest absolute Gasteiger partial charge is 0.257 e. The van der Waals surface area contributed by atoms with Crippen LogP contribution < -0.4 is 4.74 Å². The molecule has 2 heterocycles. The van der Waals surface area contributed by atoms with E-state index < -0.39 is 0 Å². The van der Waals surface area contributed by atoms with Crippen LogP contribution in [0.25, 0.3) is 0 Å². The third-order valence-electron chi connectivity index (χ3n) is 5.94. The normalized spacial score (nSPS) is 18.6. The van der Waals surface area contributed by atoms with Crippen LogP contribution in [-0.4, -0.2) is 41.2 Å². The van der Waals surface area contributed by atoms with Gasteiger partial charge in [0.2, 0.25) is 0 Å². The molecule has 1 aromatic heterocycles. The maximum absolute atomic E-state index is 12.9. The topological polar surface area (TPSA) is 55.3 Å². The molecule has 2 aromatic rings. The van der Waals surface area contributed by atoms with E-state index in [9.17, 15) is 4.79 Å². The Bertz CT molecular complexity index is 827. The van der Waals surface area contributed by atoms with E-state index in [1.807, 2.05) is 4.90 Å². The Morgan fingerprint density at radius 1 is 1.21 bits per heavy atom. The molecule has 1 amide bonds. The lowest BCUT2D eigenvalue weighted by atomic mass is 9.97. The summed E-state index contributed by atoms with van der Waals surface area (Å²) in [5, 5.41) is 11.8. The number of amides is 1. The van der Waals surface area contributed by atoms with E-state index in [2.05, 4.69) is 10.2 Å². The molecule has 1 saturated heterocycles. The maximum Gasteiger partial charge on any atom is 0.257 e. The molecule has 0 unspecified atom stereocenters. The predicted molar refractivity (Wildman–Crippen MR) is 111 cm³/mol. The predicted octanol–water partition coefficient (Wildman–Crippen LogP) is 4.95. The van der Waals surface area contributed by atoms with Gasteiger partial charge in [-0.05, 0) is 37.0 Å². The second kappa shape index (κ2) is 8.78. The number of benzene rings is 1. The van der Waals surface area contributed by atoms with Gasteiger partial charge in [-0.15, -0.1) is 21.5 Å². The largest absolute Gasteiger partial charge is 0.496 e. The Morgan fingerprint density at radius 3 is 2.68 bits per heavy atom. The van der Waals surface area contributed by atoms with Crippen LogP contribution in [0.1, 0.15) is 64.8 Å². The SMILES string of the molecule is COc1ccc(Cl)cc1C(=O)N1CCC(c2nnc(CC3CCCC3)s2)CC1. The third-order valence-corrected chi connectivity index (χ3v) is 7.29. The number of nitrogens with zero attached hydrogens (tertiary/aromatic N) is 3. The fourth-order valence-electron chi connectivity index (χ4n) is 4.32. The summed E-state index contributed by atoms with van der Waals surface area (Å²) in [6.45, 7) is 1.44. The number of carbonyl (C=O) groups is 1. The highest BCUT2D eigenvalue weighted by Crippen LogP contribution is 2.34. The molecule has 1 aliphatic heterocycles. The molecule has 0 atom stereocenters. The number of carbonyl (C=O) groups excluding carboxylic acids is 1. The van der Waals surface area contributed by atoms with Crippen molar-refractivity contribution in [2.45, 2.75) is 50.9 Å². The number of aromatic nitrogens is 2. The molecule has 0 radical (unpaired) electrons. The molecule has 5 nitrogen and oxygen atoms in total. The number of hydrogen-bond acceptors (Lipinski definition) is 5. The van der Waals surface area contributed by atoms with Crippen LogP contribution in [0.4, 0.5) is 0 Å². The van der Waals surface area contributed by atoms with Gasteiger partial charge in [0, 0.05) is 30.5 Å². The highest BCUT2D eigenvalue weighted by molar-refractivity contribution is 7.11. The monoisotopic (exact) mass is 419 g/mol. The van der Waals surface area contributed by atoms with Crippen LogP contribution in [-0.2, 0) is 6.42 Å². The molecule has 1 aromatic carbocycles. The quantitative estimate of drug-likeness (QED) is 0.687. The molecule has 0 bridgehead atoms. The zero-order valence-corrected chi connectivity index (χ0v) is 17.8. The molecular weight excluding hydrogens is 394 g/mol. The number of ether oxygens (including phenoxy) is 1. The van der Waals surface area contributed by atoms with E-state index in [1.165, 1.54) is 30.7 Å². The van der Waals surface area contributed by atoms with Crippen molar-refractivity contribution >= 4 is 28.8 Å². The Balaban J connectivity index is 1.36. The maximum atomic E-state index is 12.9. The van der Waals surface area contributed by atoms with Crippen molar-refractivity contribution in [1.82, 2.24) is 15.1 Å². The first kappa shape index (κ1) is 19.6. The summed E-state index contributed by atoms with van der Waals surface area (Å²) in [7, 11) is 1.57. The molecule has 1 aliphatic carbocycles. The van der Waals surface area contributed by atoms with Gasteiger partial charge >= 0.3 is 0 Å². The molecule has 150 valence electrons. The van der Waals surface area contributed by atoms with Crippen molar-refractivity contribution in [3.05, 3.63) is 38.8 Å². The van der Waals surface area contributed by atoms with Crippen molar-refractivity contribution < 1.29 is 9.53 Å². The van der Waals surface area contributed by atoms with Crippen molar-refractivity contribution in [2.75, 3.05) is 20.2 Å². The molecule has 2 aliphatic rings. The molecular formula is C21H26ClN3O2S. The second-order valence-electron chi connectivity index (χ2n) is 7.80. The number of piperidine rings is 1. The number of halogens is 1. The Hall–Kier alpha value is -1.66. The number of methoxy groups -OCH3 is 1. The minimum absolute atomic E-state index is 0.0167.